The molecule has 0 fully saturated rings. The van der Waals surface area contributed by atoms with Crippen molar-refractivity contribution >= 4 is 28.4 Å². The lowest BCUT2D eigenvalue weighted by Crippen LogP contribution is -2.24. The SMILES string of the molecule is CCCCCCCCc1cc(C(=O)OC(C)(C)C)c(NC(=O)OCCCC)s1. The Labute approximate surface area is 174 Å². The number of carbonyl (C=O) groups is 2. The van der Waals surface area contributed by atoms with Crippen molar-refractivity contribution in [3.8, 4) is 0 Å². The van der Waals surface area contributed by atoms with Gasteiger partial charge in [0.25, 0.3) is 0 Å². The van der Waals surface area contributed by atoms with Crippen molar-refractivity contribution in [1.82, 2.24) is 0 Å². The van der Waals surface area contributed by atoms with Crippen LogP contribution in [0.5, 0.6) is 0 Å². The lowest BCUT2D eigenvalue weighted by Gasteiger charge is -2.19. The Morgan fingerprint density at radius 1 is 1.00 bits per heavy atom. The Hall–Kier alpha value is -1.56. The summed E-state index contributed by atoms with van der Waals surface area (Å²) in [5, 5.41) is 3.24. The average molecular weight is 412 g/mol. The topological polar surface area (TPSA) is 64.6 Å². The quantitative estimate of drug-likeness (QED) is 0.298. The molecule has 0 saturated heterocycles. The molecular weight excluding hydrogens is 374 g/mol. The van der Waals surface area contributed by atoms with E-state index in [1.807, 2.05) is 33.8 Å². The number of anilines is 1. The molecule has 0 spiro atoms. The maximum atomic E-state index is 12.6. The van der Waals surface area contributed by atoms with Crippen LogP contribution >= 0.6 is 11.3 Å². The maximum Gasteiger partial charge on any atom is 0.412 e. The van der Waals surface area contributed by atoms with Crippen LogP contribution in [0.15, 0.2) is 6.07 Å². The molecule has 0 aliphatic carbocycles. The number of rotatable bonds is 12. The molecule has 1 aromatic heterocycles. The molecule has 1 N–H and O–H groups in total. The highest BCUT2D eigenvalue weighted by Gasteiger charge is 2.24. The van der Waals surface area contributed by atoms with E-state index in [2.05, 4.69) is 12.2 Å². The fraction of sp³-hybridized carbons (Fsp3) is 0.727. The van der Waals surface area contributed by atoms with E-state index in [1.54, 1.807) is 0 Å². The summed E-state index contributed by atoms with van der Waals surface area (Å²) in [7, 11) is 0. The third kappa shape index (κ3) is 10.1. The van der Waals surface area contributed by atoms with E-state index in [4.69, 9.17) is 9.47 Å². The van der Waals surface area contributed by atoms with Gasteiger partial charge in [0, 0.05) is 4.88 Å². The zero-order chi connectivity index (χ0) is 21.0. The number of hydrogen-bond acceptors (Lipinski definition) is 5. The molecule has 0 bridgehead atoms. The molecule has 0 aliphatic rings. The number of carbonyl (C=O) groups excluding carboxylic acids is 2. The van der Waals surface area contributed by atoms with Gasteiger partial charge in [0.05, 0.1) is 12.2 Å². The van der Waals surface area contributed by atoms with Crippen LogP contribution in [0.4, 0.5) is 9.80 Å². The van der Waals surface area contributed by atoms with E-state index in [0.717, 1.165) is 30.6 Å². The standard InChI is InChI=1S/C22H37NO4S/c1-6-8-10-11-12-13-14-17-16-18(20(24)27-22(3,4)5)19(28-17)23-21(25)26-15-9-7-2/h16H,6-15H2,1-5H3,(H,23,25). The largest absolute Gasteiger partial charge is 0.456 e. The average Bonchev–Trinajstić information content (AvgIpc) is 2.99. The van der Waals surface area contributed by atoms with E-state index < -0.39 is 17.7 Å². The number of nitrogens with one attached hydrogen (secondary N) is 1. The summed E-state index contributed by atoms with van der Waals surface area (Å²) in [6.07, 6.45) is 9.47. The van der Waals surface area contributed by atoms with Crippen LogP contribution in [0.1, 0.15) is 101 Å². The minimum atomic E-state index is -0.586. The molecule has 1 heterocycles. The summed E-state index contributed by atoms with van der Waals surface area (Å²) in [6, 6.07) is 1.85. The summed E-state index contributed by atoms with van der Waals surface area (Å²) >= 11 is 1.44. The van der Waals surface area contributed by atoms with E-state index in [1.165, 1.54) is 43.4 Å². The zero-order valence-electron chi connectivity index (χ0n) is 18.2. The smallest absolute Gasteiger partial charge is 0.412 e. The second-order valence-electron chi connectivity index (χ2n) is 8.09. The Bertz CT molecular complexity index is 604. The van der Waals surface area contributed by atoms with Crippen molar-refractivity contribution in [2.75, 3.05) is 11.9 Å². The van der Waals surface area contributed by atoms with Gasteiger partial charge in [-0.3, -0.25) is 5.32 Å². The van der Waals surface area contributed by atoms with Gasteiger partial charge in [-0.2, -0.15) is 0 Å². The number of unbranched alkanes of at least 4 members (excludes halogenated alkanes) is 6. The highest BCUT2D eigenvalue weighted by atomic mass is 32.1. The second-order valence-corrected chi connectivity index (χ2v) is 9.23. The van der Waals surface area contributed by atoms with Gasteiger partial charge in [-0.1, -0.05) is 52.4 Å². The van der Waals surface area contributed by atoms with E-state index in [0.29, 0.717) is 17.2 Å². The third-order valence-corrected chi connectivity index (χ3v) is 5.24. The molecule has 160 valence electrons. The third-order valence-electron chi connectivity index (χ3n) is 4.13. The van der Waals surface area contributed by atoms with Crippen molar-refractivity contribution in [3.05, 3.63) is 16.5 Å². The molecule has 1 rings (SSSR count). The molecule has 1 aromatic rings. The molecule has 0 atom stereocenters. The van der Waals surface area contributed by atoms with E-state index in [-0.39, 0.29) is 0 Å². The Morgan fingerprint density at radius 3 is 2.29 bits per heavy atom. The molecule has 0 radical (unpaired) electrons. The number of hydrogen-bond donors (Lipinski definition) is 1. The fourth-order valence-electron chi connectivity index (χ4n) is 2.66. The normalized spacial score (nSPS) is 11.3. The first-order valence-electron chi connectivity index (χ1n) is 10.6. The van der Waals surface area contributed by atoms with E-state index >= 15 is 0 Å². The lowest BCUT2D eigenvalue weighted by molar-refractivity contribution is 0.00712. The zero-order valence-corrected chi connectivity index (χ0v) is 19.0. The van der Waals surface area contributed by atoms with Crippen LogP contribution in [-0.4, -0.2) is 24.3 Å². The molecular formula is C22H37NO4S. The molecule has 6 heteroatoms. The van der Waals surface area contributed by atoms with Crippen LogP contribution < -0.4 is 5.32 Å². The van der Waals surface area contributed by atoms with Crippen molar-refractivity contribution in [2.24, 2.45) is 0 Å². The molecule has 0 aliphatic heterocycles. The summed E-state index contributed by atoms with van der Waals surface area (Å²) in [4.78, 5) is 25.7. The molecule has 5 nitrogen and oxygen atoms in total. The number of aryl methyl sites for hydroxylation is 1. The first-order valence-corrected chi connectivity index (χ1v) is 11.4. The molecule has 0 unspecified atom stereocenters. The molecule has 0 aromatic carbocycles. The van der Waals surface area contributed by atoms with Crippen LogP contribution in [-0.2, 0) is 15.9 Å². The van der Waals surface area contributed by atoms with Crippen molar-refractivity contribution in [2.45, 2.75) is 98.0 Å². The highest BCUT2D eigenvalue weighted by Crippen LogP contribution is 2.31. The molecule has 1 amide bonds. The first-order chi connectivity index (χ1) is 13.3. The summed E-state index contributed by atoms with van der Waals surface area (Å²) < 4.78 is 10.7. The first kappa shape index (κ1) is 24.5. The van der Waals surface area contributed by atoms with Crippen LogP contribution in [0.25, 0.3) is 0 Å². The van der Waals surface area contributed by atoms with Crippen LogP contribution in [0.3, 0.4) is 0 Å². The van der Waals surface area contributed by atoms with Crippen molar-refractivity contribution in [1.29, 1.82) is 0 Å². The maximum absolute atomic E-state index is 12.6. The molecule has 28 heavy (non-hydrogen) atoms. The number of amides is 1. The Morgan fingerprint density at radius 2 is 1.64 bits per heavy atom. The predicted octanol–water partition coefficient (Wildman–Crippen LogP) is 6.96. The van der Waals surface area contributed by atoms with Gasteiger partial charge in [-0.05, 0) is 46.1 Å². The fourth-order valence-corrected chi connectivity index (χ4v) is 3.73. The summed E-state index contributed by atoms with van der Waals surface area (Å²) in [5.41, 5.74) is -0.175. The monoisotopic (exact) mass is 411 g/mol. The van der Waals surface area contributed by atoms with Crippen molar-refractivity contribution in [3.63, 3.8) is 0 Å². The molecule has 0 saturated carbocycles. The number of thiophene rings is 1. The van der Waals surface area contributed by atoms with E-state index in [9.17, 15) is 9.59 Å². The van der Waals surface area contributed by atoms with Gasteiger partial charge in [0.1, 0.15) is 10.6 Å². The lowest BCUT2D eigenvalue weighted by atomic mass is 10.1. The van der Waals surface area contributed by atoms with Crippen LogP contribution in [0.2, 0.25) is 0 Å². The Balaban J connectivity index is 2.75. The minimum Gasteiger partial charge on any atom is -0.456 e. The highest BCUT2D eigenvalue weighted by molar-refractivity contribution is 7.16. The Kier molecular flexibility index (Phi) is 11.2. The van der Waals surface area contributed by atoms with Gasteiger partial charge >= 0.3 is 12.1 Å². The summed E-state index contributed by atoms with van der Waals surface area (Å²) in [6.45, 7) is 10.1. The minimum absolute atomic E-state index is 0.375. The van der Waals surface area contributed by atoms with Gasteiger partial charge in [-0.25, -0.2) is 9.59 Å². The van der Waals surface area contributed by atoms with Crippen LogP contribution in [0, 0.1) is 0 Å². The second kappa shape index (κ2) is 12.8. The number of ether oxygens (including phenoxy) is 2. The predicted molar refractivity (Wildman–Crippen MR) is 116 cm³/mol. The summed E-state index contributed by atoms with van der Waals surface area (Å²) in [5.74, 6) is -0.415. The van der Waals surface area contributed by atoms with Gasteiger partial charge in [-0.15, -0.1) is 11.3 Å². The van der Waals surface area contributed by atoms with Crippen molar-refractivity contribution < 1.29 is 19.1 Å². The van der Waals surface area contributed by atoms with Gasteiger partial charge in [0.15, 0.2) is 0 Å². The van der Waals surface area contributed by atoms with Gasteiger partial charge in [0.2, 0.25) is 0 Å². The van der Waals surface area contributed by atoms with Gasteiger partial charge < -0.3 is 9.47 Å². The number of esters is 1.